The van der Waals surface area contributed by atoms with Crippen molar-refractivity contribution in [3.05, 3.63) is 36.4 Å². The van der Waals surface area contributed by atoms with Crippen LogP contribution in [0.3, 0.4) is 0 Å². The van der Waals surface area contributed by atoms with Crippen molar-refractivity contribution < 1.29 is 9.09 Å². The molecule has 0 amide bonds. The first-order valence-electron chi connectivity index (χ1n) is 5.61. The quantitative estimate of drug-likeness (QED) is 0.659. The van der Waals surface area contributed by atoms with E-state index in [4.69, 9.17) is 16.1 Å². The van der Waals surface area contributed by atoms with E-state index < -0.39 is 7.67 Å². The fraction of sp³-hybridized carbons (Fsp3) is 0.167. The number of hydrogen-bond acceptors (Lipinski definition) is 2. The summed E-state index contributed by atoms with van der Waals surface area (Å²) in [5.41, 5.74) is 1.64. The minimum Gasteiger partial charge on any atom is -0.298 e. The lowest BCUT2D eigenvalue weighted by atomic mass is 10.1. The molecule has 0 aromatic heterocycles. The third-order valence-corrected chi connectivity index (χ3v) is 4.56. The zero-order chi connectivity index (χ0) is 12.6. The van der Waals surface area contributed by atoms with Crippen LogP contribution in [0.2, 0.25) is 0 Å². The number of anilines is 2. The van der Waals surface area contributed by atoms with Crippen LogP contribution in [0.4, 0.5) is 11.4 Å². The van der Waals surface area contributed by atoms with E-state index in [1.54, 1.807) is 0 Å². The molecule has 0 unspecified atom stereocenters. The van der Waals surface area contributed by atoms with Crippen molar-refractivity contribution >= 4 is 41.4 Å². The first kappa shape index (κ1) is 11.8. The molecule has 0 fully saturated rings. The second-order valence-electron chi connectivity index (χ2n) is 4.01. The monoisotopic (exact) mass is 282 g/mol. The third-order valence-electron chi connectivity index (χ3n) is 2.79. The molecule has 4 nitrogen and oxygen atoms in total. The fourth-order valence-electron chi connectivity index (χ4n) is 2.10. The van der Waals surface area contributed by atoms with Crippen LogP contribution in [0.25, 0.3) is 10.8 Å². The topological polar surface area (TPSA) is 50.4 Å². The molecule has 2 aromatic rings. The van der Waals surface area contributed by atoms with Gasteiger partial charge >= 0.3 is 7.67 Å². The van der Waals surface area contributed by atoms with E-state index in [9.17, 15) is 4.57 Å². The number of alkyl halides is 1. The molecule has 1 aliphatic heterocycles. The largest absolute Gasteiger partial charge is 0.391 e. The predicted octanol–water partition coefficient (Wildman–Crippen LogP) is 4.04. The maximum Gasteiger partial charge on any atom is 0.391 e. The first-order chi connectivity index (χ1) is 8.72. The highest BCUT2D eigenvalue weighted by Gasteiger charge is 2.29. The van der Waals surface area contributed by atoms with E-state index >= 15 is 0 Å². The molecule has 18 heavy (non-hydrogen) atoms. The summed E-state index contributed by atoms with van der Waals surface area (Å²) in [4.78, 5) is 0. The van der Waals surface area contributed by atoms with Gasteiger partial charge in [-0.05, 0) is 17.5 Å². The van der Waals surface area contributed by atoms with Gasteiger partial charge in [0.2, 0.25) is 0 Å². The molecule has 0 bridgehead atoms. The SMILES string of the molecule is O=P1(OCCCl)Nc2cccc3cccc(c23)N1. The summed E-state index contributed by atoms with van der Waals surface area (Å²) < 4.78 is 17.8. The van der Waals surface area contributed by atoms with Crippen LogP contribution in [0.5, 0.6) is 0 Å². The van der Waals surface area contributed by atoms with E-state index in [1.807, 2.05) is 36.4 Å². The number of halogens is 1. The van der Waals surface area contributed by atoms with Gasteiger partial charge in [0.25, 0.3) is 0 Å². The van der Waals surface area contributed by atoms with E-state index in [1.165, 1.54) is 0 Å². The van der Waals surface area contributed by atoms with Crippen molar-refractivity contribution in [3.63, 3.8) is 0 Å². The Morgan fingerprint density at radius 3 is 2.28 bits per heavy atom. The smallest absolute Gasteiger partial charge is 0.298 e. The summed E-state index contributed by atoms with van der Waals surface area (Å²) >= 11 is 5.56. The predicted molar refractivity (Wildman–Crippen MR) is 75.5 cm³/mol. The second kappa shape index (κ2) is 4.47. The van der Waals surface area contributed by atoms with Crippen molar-refractivity contribution in [1.82, 2.24) is 0 Å². The zero-order valence-corrected chi connectivity index (χ0v) is 11.2. The third kappa shape index (κ3) is 1.97. The molecule has 0 aliphatic carbocycles. The van der Waals surface area contributed by atoms with Crippen LogP contribution in [0, 0.1) is 0 Å². The average Bonchev–Trinajstić information content (AvgIpc) is 2.37. The lowest BCUT2D eigenvalue weighted by molar-refractivity contribution is 0.343. The van der Waals surface area contributed by atoms with Gasteiger partial charge in [0.1, 0.15) is 0 Å². The summed E-state index contributed by atoms with van der Waals surface area (Å²) in [5, 5.41) is 7.99. The lowest BCUT2D eigenvalue weighted by Crippen LogP contribution is -2.15. The zero-order valence-electron chi connectivity index (χ0n) is 9.52. The lowest BCUT2D eigenvalue weighted by Gasteiger charge is -2.28. The van der Waals surface area contributed by atoms with Crippen molar-refractivity contribution in [2.75, 3.05) is 22.7 Å². The Balaban J connectivity index is 2.08. The molecule has 1 heterocycles. The van der Waals surface area contributed by atoms with Crippen molar-refractivity contribution in [3.8, 4) is 0 Å². The van der Waals surface area contributed by atoms with Crippen LogP contribution in [0.1, 0.15) is 0 Å². The molecule has 0 saturated heterocycles. The van der Waals surface area contributed by atoms with Gasteiger partial charge in [-0.3, -0.25) is 14.7 Å². The summed E-state index contributed by atoms with van der Waals surface area (Å²) in [6.07, 6.45) is 0. The highest BCUT2D eigenvalue weighted by molar-refractivity contribution is 7.62. The fourth-order valence-corrected chi connectivity index (χ4v) is 3.83. The van der Waals surface area contributed by atoms with E-state index in [2.05, 4.69) is 10.2 Å². The average molecular weight is 283 g/mol. The normalized spacial score (nSPS) is 16.1. The number of benzene rings is 2. The van der Waals surface area contributed by atoms with E-state index in [-0.39, 0.29) is 6.61 Å². The Kier molecular flexibility index (Phi) is 2.94. The van der Waals surface area contributed by atoms with Gasteiger partial charge in [0, 0.05) is 11.3 Å². The Bertz CT molecular complexity index is 602. The van der Waals surface area contributed by atoms with Crippen LogP contribution in [-0.4, -0.2) is 12.5 Å². The highest BCUT2D eigenvalue weighted by atomic mass is 35.5. The maximum absolute atomic E-state index is 12.5. The van der Waals surface area contributed by atoms with Gasteiger partial charge in [0.05, 0.1) is 18.0 Å². The standard InChI is InChI=1S/C12H12ClN2O2P/c13-7-8-17-18(16)14-10-5-1-3-9-4-2-6-11(15-18)12(9)10/h1-6H,7-8H2,(H2,14,15,16). The molecule has 0 radical (unpaired) electrons. The number of nitrogens with one attached hydrogen (secondary N) is 2. The maximum atomic E-state index is 12.5. The molecule has 2 aromatic carbocycles. The Morgan fingerprint density at radius 2 is 1.72 bits per heavy atom. The van der Waals surface area contributed by atoms with Gasteiger partial charge in [-0.2, -0.15) is 0 Å². The van der Waals surface area contributed by atoms with Crippen molar-refractivity contribution in [1.29, 1.82) is 0 Å². The van der Waals surface area contributed by atoms with Crippen molar-refractivity contribution in [2.24, 2.45) is 0 Å². The summed E-state index contributed by atoms with van der Waals surface area (Å²) in [7, 11) is -3.11. The minimum absolute atomic E-state index is 0.233. The van der Waals surface area contributed by atoms with Gasteiger partial charge < -0.3 is 0 Å². The molecule has 6 heteroatoms. The van der Waals surface area contributed by atoms with Gasteiger partial charge in [0.15, 0.2) is 0 Å². The molecule has 94 valence electrons. The Labute approximate surface area is 110 Å². The summed E-state index contributed by atoms with van der Waals surface area (Å²) in [6, 6.07) is 11.7. The van der Waals surface area contributed by atoms with Crippen LogP contribution >= 0.6 is 19.3 Å². The molecular weight excluding hydrogens is 271 g/mol. The molecule has 0 spiro atoms. The van der Waals surface area contributed by atoms with Crippen LogP contribution < -0.4 is 10.2 Å². The second-order valence-corrected chi connectivity index (χ2v) is 6.19. The molecule has 3 rings (SSSR count). The van der Waals surface area contributed by atoms with Gasteiger partial charge in [-0.25, -0.2) is 4.57 Å². The summed E-state index contributed by atoms with van der Waals surface area (Å²) in [6.45, 7) is 0.233. The Hall–Kier alpha value is -1.22. The number of hydrogen-bond donors (Lipinski definition) is 2. The van der Waals surface area contributed by atoms with E-state index in [0.29, 0.717) is 5.88 Å². The molecular formula is C12H12ClN2O2P. The molecule has 2 N–H and O–H groups in total. The molecule has 1 aliphatic rings. The van der Waals surface area contributed by atoms with Gasteiger partial charge in [-0.15, -0.1) is 11.6 Å². The highest BCUT2D eigenvalue weighted by Crippen LogP contribution is 2.53. The van der Waals surface area contributed by atoms with E-state index in [0.717, 1.165) is 22.1 Å². The summed E-state index contributed by atoms with van der Waals surface area (Å²) in [5.74, 6) is 0.305. The van der Waals surface area contributed by atoms with Crippen LogP contribution in [-0.2, 0) is 9.09 Å². The Morgan fingerprint density at radius 1 is 1.11 bits per heavy atom. The minimum atomic E-state index is -3.11. The molecule has 0 atom stereocenters. The van der Waals surface area contributed by atoms with Gasteiger partial charge in [-0.1, -0.05) is 24.3 Å². The van der Waals surface area contributed by atoms with Crippen LogP contribution in [0.15, 0.2) is 36.4 Å². The number of rotatable bonds is 3. The molecule has 0 saturated carbocycles. The first-order valence-corrected chi connectivity index (χ1v) is 7.77. The van der Waals surface area contributed by atoms with Crippen molar-refractivity contribution in [2.45, 2.75) is 0 Å².